The molecule has 7 heteroatoms. The van der Waals surface area contributed by atoms with Crippen LogP contribution >= 0.6 is 0 Å². The highest BCUT2D eigenvalue weighted by Crippen LogP contribution is 2.49. The highest BCUT2D eigenvalue weighted by atomic mass is 16.5. The third kappa shape index (κ3) is 3.99. The lowest BCUT2D eigenvalue weighted by Crippen LogP contribution is -2.56. The molecule has 33 heavy (non-hydrogen) atoms. The van der Waals surface area contributed by atoms with Crippen molar-refractivity contribution in [2.45, 2.75) is 31.3 Å². The Hall–Kier alpha value is -2.93. The topological polar surface area (TPSA) is 66.0 Å². The van der Waals surface area contributed by atoms with Crippen molar-refractivity contribution < 1.29 is 14.3 Å². The van der Waals surface area contributed by atoms with Gasteiger partial charge in [0.1, 0.15) is 5.75 Å². The Labute approximate surface area is 195 Å². The van der Waals surface area contributed by atoms with Gasteiger partial charge in [0.25, 0.3) is 0 Å². The minimum absolute atomic E-state index is 0.0608. The maximum Gasteiger partial charge on any atom is 0.227 e. The van der Waals surface area contributed by atoms with Gasteiger partial charge in [0.15, 0.2) is 0 Å². The van der Waals surface area contributed by atoms with Gasteiger partial charge < -0.3 is 14.5 Å². The average molecular weight is 449 g/mol. The number of aromatic nitrogens is 1. The van der Waals surface area contributed by atoms with Crippen molar-refractivity contribution in [3.05, 3.63) is 59.9 Å². The monoisotopic (exact) mass is 448 g/mol. The molecule has 0 bridgehead atoms. The highest BCUT2D eigenvalue weighted by molar-refractivity contribution is 5.84. The molecule has 3 aliphatic heterocycles. The molecule has 5 rings (SSSR count). The molecule has 1 aromatic carbocycles. The SMILES string of the molecule is COc1cccc(CC(=O)N2CCC3(CC2)[C@H]2CN(Cc4cccnc4)C[C@H]2C(=O)N3C)c1. The van der Waals surface area contributed by atoms with Crippen LogP contribution in [0.25, 0.3) is 0 Å². The van der Waals surface area contributed by atoms with E-state index in [1.807, 2.05) is 53.4 Å². The van der Waals surface area contributed by atoms with Gasteiger partial charge >= 0.3 is 0 Å². The first-order chi connectivity index (χ1) is 16.0. The van der Waals surface area contributed by atoms with Crippen LogP contribution in [-0.2, 0) is 22.6 Å². The number of nitrogens with zero attached hydrogens (tertiary/aromatic N) is 4. The average Bonchev–Trinajstić information content (AvgIpc) is 3.34. The maximum absolute atomic E-state index is 13.2. The molecule has 3 fully saturated rings. The number of likely N-dealkylation sites (tertiary alicyclic amines) is 3. The lowest BCUT2D eigenvalue weighted by molar-refractivity contribution is -0.136. The third-order valence-electron chi connectivity index (χ3n) is 8.00. The number of hydrogen-bond donors (Lipinski definition) is 0. The molecule has 2 amide bonds. The van der Waals surface area contributed by atoms with Crippen LogP contribution in [0.15, 0.2) is 48.8 Å². The molecule has 0 saturated carbocycles. The summed E-state index contributed by atoms with van der Waals surface area (Å²) in [6.45, 7) is 3.97. The zero-order valence-corrected chi connectivity index (χ0v) is 19.4. The number of rotatable bonds is 5. The summed E-state index contributed by atoms with van der Waals surface area (Å²) in [7, 11) is 3.61. The van der Waals surface area contributed by atoms with Crippen LogP contribution in [-0.4, -0.2) is 77.4 Å². The van der Waals surface area contributed by atoms with E-state index in [4.69, 9.17) is 4.74 Å². The molecular weight excluding hydrogens is 416 g/mol. The number of carbonyl (C=O) groups is 2. The highest BCUT2D eigenvalue weighted by Gasteiger charge is 2.60. The fraction of sp³-hybridized carbons (Fsp3) is 0.500. The largest absolute Gasteiger partial charge is 0.497 e. The Bertz CT molecular complexity index is 1020. The van der Waals surface area contributed by atoms with Gasteiger partial charge in [-0.3, -0.25) is 19.5 Å². The molecule has 2 atom stereocenters. The first-order valence-electron chi connectivity index (χ1n) is 11.8. The smallest absolute Gasteiger partial charge is 0.227 e. The van der Waals surface area contributed by atoms with Gasteiger partial charge in [-0.25, -0.2) is 0 Å². The summed E-state index contributed by atoms with van der Waals surface area (Å²) in [5.74, 6) is 1.57. The molecule has 0 aliphatic carbocycles. The third-order valence-corrected chi connectivity index (χ3v) is 8.00. The number of methoxy groups -OCH3 is 1. The molecule has 0 radical (unpaired) electrons. The molecule has 0 unspecified atom stereocenters. The van der Waals surface area contributed by atoms with Crippen LogP contribution in [0.5, 0.6) is 5.75 Å². The fourth-order valence-electron chi connectivity index (χ4n) is 6.19. The van der Waals surface area contributed by atoms with Crippen molar-refractivity contribution in [1.29, 1.82) is 0 Å². The van der Waals surface area contributed by atoms with Crippen LogP contribution in [0, 0.1) is 11.8 Å². The standard InChI is InChI=1S/C26H32N4O3/c1-28-25(32)22-17-29(16-20-6-4-10-27-15-20)18-23(22)26(28)8-11-30(12-9-26)24(31)14-19-5-3-7-21(13-19)33-2/h3-7,10,13,15,22-23H,8-9,11-12,14,16-18H2,1-2H3/t22-,23+/m1/s1. The number of fused-ring (bicyclic) bond motifs is 2. The molecule has 0 N–H and O–H groups in total. The van der Waals surface area contributed by atoms with E-state index in [0.29, 0.717) is 25.4 Å². The number of pyridine rings is 1. The van der Waals surface area contributed by atoms with Crippen molar-refractivity contribution in [2.24, 2.45) is 11.8 Å². The number of hydrogen-bond acceptors (Lipinski definition) is 5. The Balaban J connectivity index is 1.24. The normalized spacial score (nSPS) is 24.4. The molecule has 7 nitrogen and oxygen atoms in total. The predicted octanol–water partition coefficient (Wildman–Crippen LogP) is 2.21. The van der Waals surface area contributed by atoms with Gasteiger partial charge in [-0.15, -0.1) is 0 Å². The number of ether oxygens (including phenoxy) is 1. The Morgan fingerprint density at radius 3 is 2.67 bits per heavy atom. The van der Waals surface area contributed by atoms with Gasteiger partial charge in [0.05, 0.1) is 25.0 Å². The summed E-state index contributed by atoms with van der Waals surface area (Å²) < 4.78 is 5.28. The van der Waals surface area contributed by atoms with Crippen LogP contribution in [0.4, 0.5) is 0 Å². The molecule has 2 aromatic rings. The molecule has 1 aromatic heterocycles. The number of piperidine rings is 1. The first-order valence-corrected chi connectivity index (χ1v) is 11.8. The maximum atomic E-state index is 13.2. The number of carbonyl (C=O) groups excluding carboxylic acids is 2. The van der Waals surface area contributed by atoms with E-state index in [2.05, 4.69) is 16.0 Å². The Kier molecular flexibility index (Phi) is 5.83. The quantitative estimate of drug-likeness (QED) is 0.702. The fourth-order valence-corrected chi connectivity index (χ4v) is 6.19. The van der Waals surface area contributed by atoms with Gasteiger partial charge in [-0.2, -0.15) is 0 Å². The van der Waals surface area contributed by atoms with Crippen molar-refractivity contribution in [1.82, 2.24) is 19.7 Å². The van der Waals surface area contributed by atoms with E-state index < -0.39 is 0 Å². The van der Waals surface area contributed by atoms with Crippen molar-refractivity contribution >= 4 is 11.8 Å². The van der Waals surface area contributed by atoms with E-state index in [1.54, 1.807) is 13.3 Å². The van der Waals surface area contributed by atoms with Crippen molar-refractivity contribution in [2.75, 3.05) is 40.3 Å². The zero-order valence-electron chi connectivity index (χ0n) is 19.4. The molecule has 3 saturated heterocycles. The van der Waals surface area contributed by atoms with Crippen molar-refractivity contribution in [3.8, 4) is 5.75 Å². The number of amides is 2. The second-order valence-electron chi connectivity index (χ2n) is 9.68. The number of benzene rings is 1. The van der Waals surface area contributed by atoms with Crippen LogP contribution in [0.1, 0.15) is 24.0 Å². The molecule has 174 valence electrons. The van der Waals surface area contributed by atoms with Crippen LogP contribution in [0.3, 0.4) is 0 Å². The van der Waals surface area contributed by atoms with E-state index in [9.17, 15) is 9.59 Å². The van der Waals surface area contributed by atoms with Gasteiger partial charge in [0, 0.05) is 58.1 Å². The minimum Gasteiger partial charge on any atom is -0.497 e. The molecule has 3 aliphatic rings. The van der Waals surface area contributed by atoms with E-state index in [1.165, 1.54) is 5.56 Å². The lowest BCUT2D eigenvalue weighted by Gasteiger charge is -2.46. The van der Waals surface area contributed by atoms with Crippen molar-refractivity contribution in [3.63, 3.8) is 0 Å². The predicted molar refractivity (Wildman–Crippen MR) is 125 cm³/mol. The second kappa shape index (κ2) is 8.78. The summed E-state index contributed by atoms with van der Waals surface area (Å²) >= 11 is 0. The van der Waals surface area contributed by atoms with Gasteiger partial charge in [-0.1, -0.05) is 18.2 Å². The van der Waals surface area contributed by atoms with E-state index in [-0.39, 0.29) is 23.3 Å². The zero-order chi connectivity index (χ0) is 23.0. The molecule has 4 heterocycles. The summed E-state index contributed by atoms with van der Waals surface area (Å²) in [5, 5.41) is 0. The van der Waals surface area contributed by atoms with Crippen LogP contribution < -0.4 is 4.74 Å². The molecular formula is C26H32N4O3. The van der Waals surface area contributed by atoms with E-state index >= 15 is 0 Å². The summed E-state index contributed by atoms with van der Waals surface area (Å²) in [6, 6.07) is 11.8. The summed E-state index contributed by atoms with van der Waals surface area (Å²) in [6.07, 6.45) is 5.77. The van der Waals surface area contributed by atoms with Crippen LogP contribution in [0.2, 0.25) is 0 Å². The van der Waals surface area contributed by atoms with Gasteiger partial charge in [-0.05, 0) is 42.2 Å². The second-order valence-corrected chi connectivity index (χ2v) is 9.68. The summed E-state index contributed by atoms with van der Waals surface area (Å²) in [4.78, 5) is 36.8. The Morgan fingerprint density at radius 2 is 1.94 bits per heavy atom. The molecule has 1 spiro atoms. The minimum atomic E-state index is -0.141. The summed E-state index contributed by atoms with van der Waals surface area (Å²) in [5.41, 5.74) is 2.01. The Morgan fingerprint density at radius 1 is 1.15 bits per heavy atom. The van der Waals surface area contributed by atoms with E-state index in [0.717, 1.165) is 43.8 Å². The first kappa shape index (κ1) is 21.9. The lowest BCUT2D eigenvalue weighted by atomic mass is 9.75. The van der Waals surface area contributed by atoms with Gasteiger partial charge in [0.2, 0.25) is 11.8 Å².